The van der Waals surface area contributed by atoms with E-state index < -0.39 is 0 Å². The third kappa shape index (κ3) is 4.91. The van der Waals surface area contributed by atoms with Crippen molar-refractivity contribution in [2.45, 2.75) is 39.3 Å². The van der Waals surface area contributed by atoms with Gasteiger partial charge >= 0.3 is 0 Å². The van der Waals surface area contributed by atoms with Crippen LogP contribution in [0.25, 0.3) is 0 Å². The fraction of sp³-hybridized carbons (Fsp3) is 0.381. The molecular weight excluding hydrogens is 326 g/mol. The Kier molecular flexibility index (Phi) is 6.00. The van der Waals surface area contributed by atoms with Crippen LogP contribution >= 0.6 is 0 Å². The van der Waals surface area contributed by atoms with Crippen LogP contribution in [0.15, 0.2) is 60.0 Å². The smallest absolute Gasteiger partial charge is 0.223 e. The van der Waals surface area contributed by atoms with Gasteiger partial charge in [0.2, 0.25) is 5.91 Å². The van der Waals surface area contributed by atoms with Crippen molar-refractivity contribution >= 4 is 11.6 Å². The summed E-state index contributed by atoms with van der Waals surface area (Å²) in [6, 6.07) is 13.9. The highest BCUT2D eigenvalue weighted by Crippen LogP contribution is 2.19. The lowest BCUT2D eigenvalue weighted by molar-refractivity contribution is -0.134. The van der Waals surface area contributed by atoms with Crippen molar-refractivity contribution in [3.05, 3.63) is 66.0 Å². The minimum absolute atomic E-state index is 0.120. The summed E-state index contributed by atoms with van der Waals surface area (Å²) in [5.74, 6) is 0.481. The third-order valence-electron chi connectivity index (χ3n) is 4.30. The summed E-state index contributed by atoms with van der Waals surface area (Å²) in [7, 11) is 0. The van der Waals surface area contributed by atoms with E-state index in [1.807, 2.05) is 47.4 Å². The molecule has 2 heterocycles. The first-order valence-corrected chi connectivity index (χ1v) is 9.06. The molecule has 0 unspecified atom stereocenters. The fourth-order valence-electron chi connectivity index (χ4n) is 3.01. The molecule has 1 atom stereocenters. The van der Waals surface area contributed by atoms with Gasteiger partial charge in [0.25, 0.3) is 0 Å². The number of carbonyl (C=O) groups excluding carboxylic acids is 1. The number of pyridine rings is 1. The van der Waals surface area contributed by atoms with Gasteiger partial charge in [-0.3, -0.25) is 9.78 Å². The Balaban J connectivity index is 1.65. The molecule has 1 amide bonds. The number of benzene rings is 1. The molecule has 1 aliphatic heterocycles. The Morgan fingerprint density at radius 2 is 2.04 bits per heavy atom. The molecule has 0 aliphatic carbocycles. The van der Waals surface area contributed by atoms with Crippen LogP contribution in [0.3, 0.4) is 0 Å². The maximum atomic E-state index is 12.7. The molecule has 1 aliphatic rings. The molecule has 5 nitrogen and oxygen atoms in total. The van der Waals surface area contributed by atoms with E-state index in [0.29, 0.717) is 31.8 Å². The molecule has 0 radical (unpaired) electrons. The van der Waals surface area contributed by atoms with Crippen LogP contribution in [0.1, 0.15) is 37.8 Å². The number of amides is 1. The van der Waals surface area contributed by atoms with E-state index in [2.05, 4.69) is 24.0 Å². The molecule has 0 fully saturated rings. The van der Waals surface area contributed by atoms with E-state index in [9.17, 15) is 4.79 Å². The van der Waals surface area contributed by atoms with E-state index in [4.69, 9.17) is 4.84 Å². The number of rotatable bonds is 7. The first kappa shape index (κ1) is 18.1. The summed E-state index contributed by atoms with van der Waals surface area (Å²) in [6.45, 7) is 5.25. The summed E-state index contributed by atoms with van der Waals surface area (Å²) in [6.07, 6.45) is 4.63. The maximum absolute atomic E-state index is 12.7. The molecule has 1 aromatic heterocycles. The number of carbonyl (C=O) groups is 1. The summed E-state index contributed by atoms with van der Waals surface area (Å²) in [5, 5.41) is 4.21. The van der Waals surface area contributed by atoms with Crippen LogP contribution in [0.5, 0.6) is 0 Å². The highest BCUT2D eigenvalue weighted by Gasteiger charge is 2.27. The number of oxime groups is 1. The zero-order chi connectivity index (χ0) is 18.4. The van der Waals surface area contributed by atoms with Crippen molar-refractivity contribution in [3.63, 3.8) is 0 Å². The van der Waals surface area contributed by atoms with Crippen molar-refractivity contribution in [3.8, 4) is 0 Å². The summed E-state index contributed by atoms with van der Waals surface area (Å²) >= 11 is 0. The quantitative estimate of drug-likeness (QED) is 0.765. The lowest BCUT2D eigenvalue weighted by Gasteiger charge is -2.26. The van der Waals surface area contributed by atoms with Gasteiger partial charge in [-0.1, -0.05) is 49.3 Å². The Labute approximate surface area is 154 Å². The molecular formula is C21H25N3O2. The van der Waals surface area contributed by atoms with Crippen molar-refractivity contribution in [1.29, 1.82) is 0 Å². The van der Waals surface area contributed by atoms with Gasteiger partial charge in [-0.05, 0) is 23.6 Å². The minimum Gasteiger partial charge on any atom is -0.390 e. The number of aromatic nitrogens is 1. The fourth-order valence-corrected chi connectivity index (χ4v) is 3.01. The van der Waals surface area contributed by atoms with Gasteiger partial charge in [-0.2, -0.15) is 0 Å². The van der Waals surface area contributed by atoms with Gasteiger partial charge in [0.15, 0.2) is 6.10 Å². The molecule has 5 heteroatoms. The van der Waals surface area contributed by atoms with Crippen LogP contribution in [0.4, 0.5) is 0 Å². The molecule has 3 rings (SSSR count). The molecule has 26 heavy (non-hydrogen) atoms. The molecule has 136 valence electrons. The normalized spacial score (nSPS) is 16.3. The van der Waals surface area contributed by atoms with Gasteiger partial charge < -0.3 is 9.74 Å². The third-order valence-corrected chi connectivity index (χ3v) is 4.30. The number of hydrogen-bond donors (Lipinski definition) is 0. The average molecular weight is 351 g/mol. The largest absolute Gasteiger partial charge is 0.390 e. The lowest BCUT2D eigenvalue weighted by atomic mass is 10.1. The Hall–Kier alpha value is -2.69. The first-order chi connectivity index (χ1) is 12.6. The standard InChI is InChI=1S/C21H25N3O2/c1-16(2)11-21(25)24(14-17-7-4-3-5-8-17)15-19-12-20(23-26-19)18-9-6-10-22-13-18/h3-10,13,16,19H,11-12,14-15H2,1-2H3/t19-/m0/s1. The Bertz CT molecular complexity index is 744. The van der Waals surface area contributed by atoms with E-state index in [1.54, 1.807) is 12.4 Å². The van der Waals surface area contributed by atoms with Crippen molar-refractivity contribution in [2.75, 3.05) is 6.54 Å². The van der Waals surface area contributed by atoms with Gasteiger partial charge in [-0.15, -0.1) is 0 Å². The van der Waals surface area contributed by atoms with Crippen LogP contribution in [0.2, 0.25) is 0 Å². The molecule has 1 aromatic carbocycles. The molecule has 0 saturated heterocycles. The van der Waals surface area contributed by atoms with Crippen LogP contribution in [0, 0.1) is 5.92 Å². The molecule has 0 spiro atoms. The number of hydrogen-bond acceptors (Lipinski definition) is 4. The molecule has 0 saturated carbocycles. The molecule has 2 aromatic rings. The second kappa shape index (κ2) is 8.61. The van der Waals surface area contributed by atoms with Gasteiger partial charge in [0.1, 0.15) is 0 Å². The van der Waals surface area contributed by atoms with Crippen LogP contribution in [-0.2, 0) is 16.2 Å². The zero-order valence-electron chi connectivity index (χ0n) is 15.3. The maximum Gasteiger partial charge on any atom is 0.223 e. The van der Waals surface area contributed by atoms with Crippen molar-refractivity contribution < 1.29 is 9.63 Å². The SMILES string of the molecule is CC(C)CC(=O)N(Cc1ccccc1)C[C@@H]1CC(c2cccnc2)=NO1. The van der Waals surface area contributed by atoms with Gasteiger partial charge in [-0.25, -0.2) is 0 Å². The second-order valence-corrected chi connectivity index (χ2v) is 7.07. The van der Waals surface area contributed by atoms with E-state index >= 15 is 0 Å². The lowest BCUT2D eigenvalue weighted by Crippen LogP contribution is -2.37. The highest BCUT2D eigenvalue weighted by molar-refractivity contribution is 6.01. The minimum atomic E-state index is -0.120. The predicted octanol–water partition coefficient (Wildman–Crippen LogP) is 3.65. The van der Waals surface area contributed by atoms with E-state index in [-0.39, 0.29) is 12.0 Å². The monoisotopic (exact) mass is 351 g/mol. The van der Waals surface area contributed by atoms with E-state index in [1.165, 1.54) is 0 Å². The Morgan fingerprint density at radius 1 is 1.23 bits per heavy atom. The van der Waals surface area contributed by atoms with Crippen LogP contribution in [-0.4, -0.2) is 34.2 Å². The summed E-state index contributed by atoms with van der Waals surface area (Å²) in [5.41, 5.74) is 2.98. The molecule has 0 N–H and O–H groups in total. The average Bonchev–Trinajstić information content (AvgIpc) is 3.11. The van der Waals surface area contributed by atoms with Gasteiger partial charge in [0, 0.05) is 37.3 Å². The summed E-state index contributed by atoms with van der Waals surface area (Å²) < 4.78 is 0. The highest BCUT2D eigenvalue weighted by atomic mass is 16.6. The molecule has 0 bridgehead atoms. The number of nitrogens with zero attached hydrogens (tertiary/aromatic N) is 3. The topological polar surface area (TPSA) is 54.8 Å². The van der Waals surface area contributed by atoms with Crippen LogP contribution < -0.4 is 0 Å². The van der Waals surface area contributed by atoms with Gasteiger partial charge in [0.05, 0.1) is 12.3 Å². The van der Waals surface area contributed by atoms with Crippen molar-refractivity contribution in [1.82, 2.24) is 9.88 Å². The first-order valence-electron chi connectivity index (χ1n) is 9.06. The predicted molar refractivity (Wildman–Crippen MR) is 102 cm³/mol. The second-order valence-electron chi connectivity index (χ2n) is 7.07. The Morgan fingerprint density at radius 3 is 2.73 bits per heavy atom. The van der Waals surface area contributed by atoms with Crippen molar-refractivity contribution in [2.24, 2.45) is 11.1 Å². The summed E-state index contributed by atoms with van der Waals surface area (Å²) in [4.78, 5) is 24.4. The zero-order valence-corrected chi connectivity index (χ0v) is 15.3. The van der Waals surface area contributed by atoms with E-state index in [0.717, 1.165) is 16.8 Å².